The van der Waals surface area contributed by atoms with E-state index in [0.29, 0.717) is 39.4 Å². The van der Waals surface area contributed by atoms with Crippen LogP contribution in [0.25, 0.3) is 0 Å². The molecule has 1 saturated heterocycles. The number of aryl methyl sites for hydroxylation is 2. The highest BCUT2D eigenvalue weighted by Crippen LogP contribution is 2.19. The van der Waals surface area contributed by atoms with E-state index in [1.54, 1.807) is 16.2 Å². The van der Waals surface area contributed by atoms with Gasteiger partial charge in [0.05, 0.1) is 19.8 Å². The number of carbonyl (C=O) groups is 2. The maximum atomic E-state index is 13.7. The van der Waals surface area contributed by atoms with Crippen LogP contribution in [0.5, 0.6) is 0 Å². The Balaban J connectivity index is 1.49. The van der Waals surface area contributed by atoms with Gasteiger partial charge in [-0.15, -0.1) is 11.3 Å². The smallest absolute Gasteiger partial charge is 0.322 e. The SMILES string of the molecule is Cc1ccc(NC(=O)N(CCN2CCOCC2)CC(=O)N(Cc2ccccc2)Cc2ccc(C)s2)cc1. The predicted molar refractivity (Wildman–Crippen MR) is 149 cm³/mol. The van der Waals surface area contributed by atoms with Crippen molar-refractivity contribution in [2.45, 2.75) is 26.9 Å². The van der Waals surface area contributed by atoms with Crippen molar-refractivity contribution in [1.82, 2.24) is 14.7 Å². The number of morpholine rings is 1. The van der Waals surface area contributed by atoms with Crippen molar-refractivity contribution in [2.75, 3.05) is 51.3 Å². The molecule has 0 aliphatic carbocycles. The van der Waals surface area contributed by atoms with E-state index in [1.165, 1.54) is 4.88 Å². The molecule has 196 valence electrons. The lowest BCUT2D eigenvalue weighted by atomic mass is 10.2. The average molecular weight is 521 g/mol. The molecule has 1 fully saturated rings. The highest BCUT2D eigenvalue weighted by molar-refractivity contribution is 7.11. The molecule has 4 rings (SSSR count). The van der Waals surface area contributed by atoms with E-state index < -0.39 is 0 Å². The number of rotatable bonds is 10. The van der Waals surface area contributed by atoms with Crippen LogP contribution in [0, 0.1) is 13.8 Å². The summed E-state index contributed by atoms with van der Waals surface area (Å²) in [5.74, 6) is -0.0732. The Morgan fingerprint density at radius 1 is 0.919 bits per heavy atom. The zero-order valence-corrected chi connectivity index (χ0v) is 22.5. The molecule has 0 unspecified atom stereocenters. The first-order valence-corrected chi connectivity index (χ1v) is 13.6. The highest BCUT2D eigenvalue weighted by Gasteiger charge is 2.23. The number of nitrogens with zero attached hydrogens (tertiary/aromatic N) is 3. The van der Waals surface area contributed by atoms with E-state index in [4.69, 9.17) is 4.74 Å². The first-order chi connectivity index (χ1) is 18.0. The van der Waals surface area contributed by atoms with Crippen molar-refractivity contribution in [3.05, 3.63) is 87.6 Å². The molecule has 2 heterocycles. The number of nitrogens with one attached hydrogen (secondary N) is 1. The van der Waals surface area contributed by atoms with Gasteiger partial charge >= 0.3 is 6.03 Å². The fraction of sp³-hybridized carbons (Fsp3) is 0.379. The van der Waals surface area contributed by atoms with Crippen molar-refractivity contribution >= 4 is 29.0 Å². The molecule has 0 radical (unpaired) electrons. The minimum absolute atomic E-state index is 0.0131. The van der Waals surface area contributed by atoms with Crippen LogP contribution in [0.4, 0.5) is 10.5 Å². The molecule has 1 N–H and O–H groups in total. The number of amides is 3. The fourth-order valence-corrected chi connectivity index (χ4v) is 5.14. The van der Waals surface area contributed by atoms with Crippen molar-refractivity contribution in [1.29, 1.82) is 0 Å². The predicted octanol–water partition coefficient (Wildman–Crippen LogP) is 4.76. The number of urea groups is 1. The molecular weight excluding hydrogens is 484 g/mol. The first kappa shape index (κ1) is 26.9. The molecular formula is C29H36N4O3S. The summed E-state index contributed by atoms with van der Waals surface area (Å²) in [6, 6.07) is 21.6. The van der Waals surface area contributed by atoms with Crippen LogP contribution in [0.2, 0.25) is 0 Å². The first-order valence-electron chi connectivity index (χ1n) is 12.8. The van der Waals surface area contributed by atoms with Crippen LogP contribution in [0.3, 0.4) is 0 Å². The lowest BCUT2D eigenvalue weighted by Crippen LogP contribution is -2.48. The zero-order chi connectivity index (χ0) is 26.0. The van der Waals surface area contributed by atoms with Crippen LogP contribution in [0.15, 0.2) is 66.7 Å². The van der Waals surface area contributed by atoms with E-state index >= 15 is 0 Å². The monoisotopic (exact) mass is 520 g/mol. The number of thiophene rings is 1. The Hall–Kier alpha value is -3.20. The summed E-state index contributed by atoms with van der Waals surface area (Å²) < 4.78 is 5.46. The number of anilines is 1. The third-order valence-electron chi connectivity index (χ3n) is 6.42. The lowest BCUT2D eigenvalue weighted by molar-refractivity contribution is -0.133. The normalized spacial score (nSPS) is 13.8. The van der Waals surface area contributed by atoms with Crippen LogP contribution in [0.1, 0.15) is 20.9 Å². The Morgan fingerprint density at radius 2 is 1.65 bits per heavy atom. The molecule has 0 spiro atoms. The standard InChI is InChI=1S/C29H36N4O3S/c1-23-8-11-26(12-9-23)30-29(35)32(15-14-31-16-18-36-19-17-31)22-28(34)33(20-25-6-4-3-5-7-25)21-27-13-10-24(2)37-27/h3-13H,14-22H2,1-2H3,(H,30,35). The molecule has 3 amide bonds. The van der Waals surface area contributed by atoms with Gasteiger partial charge < -0.3 is 19.9 Å². The Morgan fingerprint density at radius 3 is 2.32 bits per heavy atom. The largest absolute Gasteiger partial charge is 0.379 e. The second-order valence-electron chi connectivity index (χ2n) is 9.42. The van der Waals surface area contributed by atoms with Gasteiger partial charge in [0.15, 0.2) is 0 Å². The maximum Gasteiger partial charge on any atom is 0.322 e. The molecule has 37 heavy (non-hydrogen) atoms. The van der Waals surface area contributed by atoms with Gasteiger partial charge in [-0.1, -0.05) is 48.0 Å². The molecule has 0 bridgehead atoms. The Bertz CT molecular complexity index is 1140. The Kier molecular flexibility index (Phi) is 9.71. The van der Waals surface area contributed by atoms with E-state index in [0.717, 1.165) is 34.8 Å². The van der Waals surface area contributed by atoms with E-state index in [1.807, 2.05) is 66.4 Å². The maximum absolute atomic E-state index is 13.7. The van der Waals surface area contributed by atoms with Crippen molar-refractivity contribution in [3.8, 4) is 0 Å². The molecule has 3 aromatic rings. The van der Waals surface area contributed by atoms with Crippen molar-refractivity contribution in [3.63, 3.8) is 0 Å². The van der Waals surface area contributed by atoms with E-state index in [2.05, 4.69) is 29.3 Å². The topological polar surface area (TPSA) is 65.1 Å². The van der Waals surface area contributed by atoms with E-state index in [9.17, 15) is 9.59 Å². The summed E-state index contributed by atoms with van der Waals surface area (Å²) in [5.41, 5.74) is 2.90. The highest BCUT2D eigenvalue weighted by atomic mass is 32.1. The fourth-order valence-electron chi connectivity index (χ4n) is 4.24. The summed E-state index contributed by atoms with van der Waals surface area (Å²) in [7, 11) is 0. The molecule has 1 aliphatic heterocycles. The number of benzene rings is 2. The second-order valence-corrected chi connectivity index (χ2v) is 10.8. The molecule has 0 saturated carbocycles. The number of hydrogen-bond donors (Lipinski definition) is 1. The van der Waals surface area contributed by atoms with Gasteiger partial charge in [0.25, 0.3) is 0 Å². The molecule has 8 heteroatoms. The number of ether oxygens (including phenoxy) is 1. The number of hydrogen-bond acceptors (Lipinski definition) is 5. The van der Waals surface area contributed by atoms with Gasteiger partial charge in [0, 0.05) is 48.2 Å². The lowest BCUT2D eigenvalue weighted by Gasteiger charge is -2.31. The molecule has 1 aromatic heterocycles. The van der Waals surface area contributed by atoms with Crippen LogP contribution < -0.4 is 5.32 Å². The summed E-state index contributed by atoms with van der Waals surface area (Å²) in [6.07, 6.45) is 0. The van der Waals surface area contributed by atoms with Gasteiger partial charge in [-0.05, 0) is 43.7 Å². The van der Waals surface area contributed by atoms with Gasteiger partial charge in [-0.2, -0.15) is 0 Å². The third kappa shape index (κ3) is 8.42. The summed E-state index contributed by atoms with van der Waals surface area (Å²) in [5, 5.41) is 2.98. The minimum atomic E-state index is -0.267. The van der Waals surface area contributed by atoms with Gasteiger partial charge in [0.1, 0.15) is 6.54 Å². The zero-order valence-electron chi connectivity index (χ0n) is 21.7. The second kappa shape index (κ2) is 13.4. The third-order valence-corrected chi connectivity index (χ3v) is 7.40. The number of carbonyl (C=O) groups excluding carboxylic acids is 2. The van der Waals surface area contributed by atoms with Crippen LogP contribution in [-0.4, -0.2) is 72.6 Å². The van der Waals surface area contributed by atoms with Crippen LogP contribution in [-0.2, 0) is 22.6 Å². The van der Waals surface area contributed by atoms with Gasteiger partial charge in [-0.25, -0.2) is 4.79 Å². The van der Waals surface area contributed by atoms with Gasteiger partial charge in [0.2, 0.25) is 5.91 Å². The molecule has 1 aliphatic rings. The molecule has 7 nitrogen and oxygen atoms in total. The summed E-state index contributed by atoms with van der Waals surface area (Å²) in [4.78, 5) is 35.2. The van der Waals surface area contributed by atoms with Crippen LogP contribution >= 0.6 is 11.3 Å². The minimum Gasteiger partial charge on any atom is -0.379 e. The summed E-state index contributed by atoms with van der Waals surface area (Å²) >= 11 is 1.70. The molecule has 2 aromatic carbocycles. The van der Waals surface area contributed by atoms with Crippen molar-refractivity contribution < 1.29 is 14.3 Å². The van der Waals surface area contributed by atoms with E-state index in [-0.39, 0.29) is 18.5 Å². The quantitative estimate of drug-likeness (QED) is 0.419. The van der Waals surface area contributed by atoms with Crippen molar-refractivity contribution in [2.24, 2.45) is 0 Å². The Labute approximate surface area is 223 Å². The average Bonchev–Trinajstić information content (AvgIpc) is 3.33. The summed E-state index contributed by atoms with van der Waals surface area (Å²) in [6.45, 7) is 9.31. The molecule has 0 atom stereocenters. The van der Waals surface area contributed by atoms with Gasteiger partial charge in [-0.3, -0.25) is 9.69 Å².